The zero-order chi connectivity index (χ0) is 15.2. The van der Waals surface area contributed by atoms with E-state index in [2.05, 4.69) is 60.8 Å². The van der Waals surface area contributed by atoms with Crippen molar-refractivity contribution in [1.29, 1.82) is 0 Å². The third kappa shape index (κ3) is 3.89. The van der Waals surface area contributed by atoms with Gasteiger partial charge in [-0.05, 0) is 60.5 Å². The van der Waals surface area contributed by atoms with Crippen molar-refractivity contribution < 1.29 is 4.74 Å². The number of benzene rings is 2. The fourth-order valence-electron chi connectivity index (χ4n) is 3.13. The molecule has 1 unspecified atom stereocenters. The van der Waals surface area contributed by atoms with Gasteiger partial charge in [0.05, 0.1) is 6.61 Å². The smallest absolute Gasteiger partial charge is 0.119 e. The van der Waals surface area contributed by atoms with Gasteiger partial charge in [0.1, 0.15) is 5.75 Å². The van der Waals surface area contributed by atoms with Gasteiger partial charge in [0, 0.05) is 6.54 Å². The molecule has 0 bridgehead atoms. The molecule has 0 spiro atoms. The van der Waals surface area contributed by atoms with Crippen LogP contribution in [-0.4, -0.2) is 19.7 Å². The molecule has 22 heavy (non-hydrogen) atoms. The first-order chi connectivity index (χ1) is 10.8. The lowest BCUT2D eigenvalue weighted by molar-refractivity contribution is 0.310. The molecule has 1 aliphatic rings. The van der Waals surface area contributed by atoms with E-state index in [0.717, 1.165) is 44.7 Å². The van der Waals surface area contributed by atoms with Crippen LogP contribution in [0.25, 0.3) is 0 Å². The monoisotopic (exact) mass is 295 g/mol. The fourth-order valence-corrected chi connectivity index (χ4v) is 3.13. The highest BCUT2D eigenvalue weighted by atomic mass is 16.5. The van der Waals surface area contributed by atoms with Crippen molar-refractivity contribution in [3.63, 3.8) is 0 Å². The third-order valence-corrected chi connectivity index (χ3v) is 4.39. The molecular weight excluding hydrogens is 270 g/mol. The van der Waals surface area contributed by atoms with Crippen LogP contribution in [0.1, 0.15) is 36.0 Å². The van der Waals surface area contributed by atoms with Crippen LogP contribution in [0.15, 0.2) is 48.5 Å². The SMILES string of the molecule is CC1CNCCc2cc(OCCCc3ccccc3)ccc21. The van der Waals surface area contributed by atoms with Crippen LogP contribution in [0.3, 0.4) is 0 Å². The molecule has 1 heterocycles. The van der Waals surface area contributed by atoms with E-state index in [9.17, 15) is 0 Å². The predicted molar refractivity (Wildman–Crippen MR) is 91.7 cm³/mol. The highest BCUT2D eigenvalue weighted by molar-refractivity contribution is 5.38. The molecule has 2 heteroatoms. The summed E-state index contributed by atoms with van der Waals surface area (Å²) in [7, 11) is 0. The van der Waals surface area contributed by atoms with Gasteiger partial charge in [0.15, 0.2) is 0 Å². The fraction of sp³-hybridized carbons (Fsp3) is 0.400. The average Bonchev–Trinajstić information content (AvgIpc) is 2.74. The molecular formula is C20H25NO. The molecule has 116 valence electrons. The van der Waals surface area contributed by atoms with Gasteiger partial charge in [0.25, 0.3) is 0 Å². The van der Waals surface area contributed by atoms with Crippen LogP contribution in [-0.2, 0) is 12.8 Å². The van der Waals surface area contributed by atoms with Crippen molar-refractivity contribution in [2.45, 2.75) is 32.1 Å². The van der Waals surface area contributed by atoms with Crippen LogP contribution >= 0.6 is 0 Å². The van der Waals surface area contributed by atoms with Crippen molar-refractivity contribution >= 4 is 0 Å². The number of rotatable bonds is 5. The van der Waals surface area contributed by atoms with E-state index in [1.165, 1.54) is 16.7 Å². The summed E-state index contributed by atoms with van der Waals surface area (Å²) in [6.45, 7) is 5.21. The molecule has 1 N–H and O–H groups in total. The highest BCUT2D eigenvalue weighted by Crippen LogP contribution is 2.26. The van der Waals surface area contributed by atoms with E-state index in [4.69, 9.17) is 4.74 Å². The molecule has 0 saturated carbocycles. The minimum Gasteiger partial charge on any atom is -0.494 e. The van der Waals surface area contributed by atoms with Crippen molar-refractivity contribution in [2.75, 3.05) is 19.7 Å². The summed E-state index contributed by atoms with van der Waals surface area (Å²) in [6, 6.07) is 17.2. The van der Waals surface area contributed by atoms with Gasteiger partial charge >= 0.3 is 0 Å². The maximum Gasteiger partial charge on any atom is 0.119 e. The first-order valence-electron chi connectivity index (χ1n) is 8.33. The molecule has 2 aromatic carbocycles. The standard InChI is InChI=1S/C20H25NO/c1-16-15-21-12-11-18-14-19(9-10-20(16)18)22-13-5-8-17-6-3-2-4-7-17/h2-4,6-7,9-10,14,16,21H,5,8,11-13,15H2,1H3. The zero-order valence-electron chi connectivity index (χ0n) is 13.3. The maximum atomic E-state index is 5.95. The summed E-state index contributed by atoms with van der Waals surface area (Å²) in [6.07, 6.45) is 3.23. The summed E-state index contributed by atoms with van der Waals surface area (Å²) < 4.78 is 5.95. The molecule has 0 aromatic heterocycles. The van der Waals surface area contributed by atoms with Gasteiger partial charge in [-0.3, -0.25) is 0 Å². The van der Waals surface area contributed by atoms with Crippen molar-refractivity contribution in [1.82, 2.24) is 5.32 Å². The van der Waals surface area contributed by atoms with Gasteiger partial charge in [-0.1, -0.05) is 43.3 Å². The Morgan fingerprint density at radius 1 is 1.14 bits per heavy atom. The number of fused-ring (bicyclic) bond motifs is 1. The summed E-state index contributed by atoms with van der Waals surface area (Å²) in [5.41, 5.74) is 4.30. The van der Waals surface area contributed by atoms with E-state index in [0.29, 0.717) is 5.92 Å². The van der Waals surface area contributed by atoms with E-state index in [1.54, 1.807) is 0 Å². The van der Waals surface area contributed by atoms with E-state index in [1.807, 2.05) is 0 Å². The van der Waals surface area contributed by atoms with Crippen LogP contribution in [0.4, 0.5) is 0 Å². The van der Waals surface area contributed by atoms with Crippen LogP contribution in [0, 0.1) is 0 Å². The number of aryl methyl sites for hydroxylation is 1. The van der Waals surface area contributed by atoms with Crippen molar-refractivity contribution in [3.05, 3.63) is 65.2 Å². The Hall–Kier alpha value is -1.80. The van der Waals surface area contributed by atoms with Gasteiger partial charge in [-0.2, -0.15) is 0 Å². The number of nitrogens with one attached hydrogen (secondary N) is 1. The minimum absolute atomic E-state index is 0.588. The Balaban J connectivity index is 1.54. The second kappa shape index (κ2) is 7.46. The van der Waals surface area contributed by atoms with E-state index >= 15 is 0 Å². The Morgan fingerprint density at radius 3 is 2.86 bits per heavy atom. The van der Waals surface area contributed by atoms with Crippen LogP contribution < -0.4 is 10.1 Å². The Kier molecular flexibility index (Phi) is 5.12. The molecule has 1 atom stereocenters. The molecule has 2 aromatic rings. The van der Waals surface area contributed by atoms with Gasteiger partial charge in [0.2, 0.25) is 0 Å². The predicted octanol–water partition coefficient (Wildman–Crippen LogP) is 3.95. The summed E-state index contributed by atoms with van der Waals surface area (Å²) in [4.78, 5) is 0. The maximum absolute atomic E-state index is 5.95. The lowest BCUT2D eigenvalue weighted by Gasteiger charge is -2.14. The topological polar surface area (TPSA) is 21.3 Å². The second-order valence-corrected chi connectivity index (χ2v) is 6.15. The molecule has 0 saturated heterocycles. The summed E-state index contributed by atoms with van der Waals surface area (Å²) in [5, 5.41) is 3.49. The van der Waals surface area contributed by atoms with Crippen LogP contribution in [0.5, 0.6) is 5.75 Å². The second-order valence-electron chi connectivity index (χ2n) is 6.15. The van der Waals surface area contributed by atoms with Crippen LogP contribution in [0.2, 0.25) is 0 Å². The largest absolute Gasteiger partial charge is 0.494 e. The quantitative estimate of drug-likeness (QED) is 0.843. The molecule has 0 aliphatic carbocycles. The zero-order valence-corrected chi connectivity index (χ0v) is 13.3. The number of hydrogen-bond acceptors (Lipinski definition) is 2. The summed E-state index contributed by atoms with van der Waals surface area (Å²) >= 11 is 0. The number of ether oxygens (including phenoxy) is 1. The minimum atomic E-state index is 0.588. The molecule has 0 radical (unpaired) electrons. The lowest BCUT2D eigenvalue weighted by Crippen LogP contribution is -2.18. The Bertz CT molecular complexity index is 594. The average molecular weight is 295 g/mol. The highest BCUT2D eigenvalue weighted by Gasteiger charge is 2.14. The first-order valence-corrected chi connectivity index (χ1v) is 8.33. The lowest BCUT2D eigenvalue weighted by atomic mass is 9.95. The van der Waals surface area contributed by atoms with Gasteiger partial charge < -0.3 is 10.1 Å². The normalized spacial score (nSPS) is 17.6. The number of hydrogen-bond donors (Lipinski definition) is 1. The van der Waals surface area contributed by atoms with Crippen molar-refractivity contribution in [2.24, 2.45) is 0 Å². The van der Waals surface area contributed by atoms with E-state index in [-0.39, 0.29) is 0 Å². The molecule has 0 fully saturated rings. The van der Waals surface area contributed by atoms with Gasteiger partial charge in [-0.15, -0.1) is 0 Å². The Morgan fingerprint density at radius 2 is 2.00 bits per heavy atom. The Labute approximate surface area is 133 Å². The van der Waals surface area contributed by atoms with Crippen molar-refractivity contribution in [3.8, 4) is 5.75 Å². The van der Waals surface area contributed by atoms with E-state index < -0.39 is 0 Å². The molecule has 2 nitrogen and oxygen atoms in total. The van der Waals surface area contributed by atoms with Gasteiger partial charge in [-0.25, -0.2) is 0 Å². The third-order valence-electron chi connectivity index (χ3n) is 4.39. The molecule has 1 aliphatic heterocycles. The molecule has 0 amide bonds. The summed E-state index contributed by atoms with van der Waals surface area (Å²) in [5.74, 6) is 1.60. The first kappa shape index (κ1) is 15.1. The molecule has 3 rings (SSSR count).